The van der Waals surface area contributed by atoms with Gasteiger partial charge in [-0.25, -0.2) is 4.79 Å². The Kier molecular flexibility index (Phi) is 12.5. The SMILES string of the molecule is CCOC(=O)c1c(NC(=O)CSc2cccc(NC(=O)/C(=C\c3ccc(O)cc3OC)NC(=O)c3ccccc3)c2)sc2c1CCC(c1ccccc1)C2. The maximum atomic E-state index is 13.7. The summed E-state index contributed by atoms with van der Waals surface area (Å²) in [5.74, 6) is -1.13. The molecule has 276 valence electrons. The van der Waals surface area contributed by atoms with E-state index in [1.165, 1.54) is 54.0 Å². The first-order valence-corrected chi connectivity index (χ1v) is 19.2. The van der Waals surface area contributed by atoms with Crippen LogP contribution in [0.4, 0.5) is 10.7 Å². The average Bonchev–Trinajstić information content (AvgIpc) is 3.55. The number of hydrogen-bond donors (Lipinski definition) is 4. The van der Waals surface area contributed by atoms with Crippen LogP contribution in [0.25, 0.3) is 6.08 Å². The molecule has 1 unspecified atom stereocenters. The van der Waals surface area contributed by atoms with E-state index in [0.717, 1.165) is 29.7 Å². The molecule has 1 atom stereocenters. The molecule has 12 heteroatoms. The molecule has 1 aliphatic carbocycles. The largest absolute Gasteiger partial charge is 0.508 e. The van der Waals surface area contributed by atoms with E-state index in [-0.39, 0.29) is 29.7 Å². The molecule has 0 bridgehead atoms. The van der Waals surface area contributed by atoms with Gasteiger partial charge in [0.05, 0.1) is 25.0 Å². The summed E-state index contributed by atoms with van der Waals surface area (Å²) in [6, 6.07) is 30.2. The van der Waals surface area contributed by atoms with Gasteiger partial charge in [-0.2, -0.15) is 0 Å². The lowest BCUT2D eigenvalue weighted by atomic mass is 9.83. The second-order valence-electron chi connectivity index (χ2n) is 12.4. The molecule has 4 aromatic carbocycles. The predicted octanol–water partition coefficient (Wildman–Crippen LogP) is 8.05. The van der Waals surface area contributed by atoms with Crippen molar-refractivity contribution in [3.8, 4) is 11.5 Å². The second kappa shape index (κ2) is 17.8. The summed E-state index contributed by atoms with van der Waals surface area (Å²) in [6.45, 7) is 1.99. The standard InChI is InChI=1S/C42H39N3O7S2/c1-3-52-42(50)38-33-20-18-28(26-11-6-4-7-12-26)22-36(33)54-41(38)45-37(47)25-53-32-16-10-15-30(23-32)43-40(49)34(44-39(48)27-13-8-5-9-14-27)21-29-17-19-31(46)24-35(29)51-2/h4-17,19,21,23-24,28,46H,3,18,20,22,25H2,1-2H3,(H,43,49)(H,44,48)(H,45,47)/b34-21+. The molecule has 1 heterocycles. The van der Waals surface area contributed by atoms with E-state index in [1.54, 1.807) is 61.5 Å². The number of thioether (sulfide) groups is 1. The molecule has 0 aliphatic heterocycles. The van der Waals surface area contributed by atoms with Gasteiger partial charge < -0.3 is 30.5 Å². The van der Waals surface area contributed by atoms with E-state index in [0.29, 0.717) is 43.9 Å². The van der Waals surface area contributed by atoms with E-state index < -0.39 is 17.8 Å². The number of fused-ring (bicyclic) bond motifs is 1. The Hall–Kier alpha value is -5.85. The average molecular weight is 762 g/mol. The maximum Gasteiger partial charge on any atom is 0.341 e. The van der Waals surface area contributed by atoms with E-state index in [4.69, 9.17) is 9.47 Å². The van der Waals surface area contributed by atoms with Crippen LogP contribution in [0.5, 0.6) is 11.5 Å². The summed E-state index contributed by atoms with van der Waals surface area (Å²) < 4.78 is 10.8. The number of nitrogens with one attached hydrogen (secondary N) is 3. The van der Waals surface area contributed by atoms with Crippen molar-refractivity contribution in [1.82, 2.24) is 5.32 Å². The normalized spacial score (nSPS) is 13.7. The molecule has 0 spiro atoms. The van der Waals surface area contributed by atoms with Crippen molar-refractivity contribution in [2.45, 2.75) is 37.0 Å². The number of esters is 1. The van der Waals surface area contributed by atoms with E-state index in [2.05, 4.69) is 28.1 Å². The van der Waals surface area contributed by atoms with Crippen LogP contribution in [0.3, 0.4) is 0 Å². The van der Waals surface area contributed by atoms with Gasteiger partial charge in [-0.05, 0) is 91.8 Å². The fourth-order valence-corrected chi connectivity index (χ4v) is 8.28. The number of anilines is 2. The number of phenolic OH excluding ortho intramolecular Hbond substituents is 1. The fraction of sp³-hybridized carbons (Fsp3) is 0.190. The molecular weight excluding hydrogens is 723 g/mol. The van der Waals surface area contributed by atoms with Crippen molar-refractivity contribution >= 4 is 63.6 Å². The van der Waals surface area contributed by atoms with Crippen molar-refractivity contribution in [3.05, 3.63) is 142 Å². The number of rotatable bonds is 13. The van der Waals surface area contributed by atoms with Crippen LogP contribution in [0, 0.1) is 0 Å². The van der Waals surface area contributed by atoms with Crippen LogP contribution >= 0.6 is 23.1 Å². The number of amides is 3. The minimum absolute atomic E-state index is 0.0164. The molecule has 0 radical (unpaired) electrons. The van der Waals surface area contributed by atoms with Crippen LogP contribution < -0.4 is 20.7 Å². The lowest BCUT2D eigenvalue weighted by molar-refractivity contribution is -0.114. The second-order valence-corrected chi connectivity index (χ2v) is 14.6. The van der Waals surface area contributed by atoms with Gasteiger partial charge >= 0.3 is 5.97 Å². The highest BCUT2D eigenvalue weighted by atomic mass is 32.2. The molecule has 5 aromatic rings. The molecule has 0 saturated carbocycles. The first-order chi connectivity index (χ1) is 26.2. The zero-order chi connectivity index (χ0) is 38.0. The van der Waals surface area contributed by atoms with Gasteiger partial charge in [0.25, 0.3) is 11.8 Å². The number of benzene rings is 4. The number of carbonyl (C=O) groups excluding carboxylic acids is 4. The van der Waals surface area contributed by atoms with Crippen molar-refractivity contribution in [2.75, 3.05) is 30.1 Å². The summed E-state index contributed by atoms with van der Waals surface area (Å²) in [5.41, 5.74) is 3.85. The van der Waals surface area contributed by atoms with Crippen LogP contribution in [0.2, 0.25) is 0 Å². The monoisotopic (exact) mass is 761 g/mol. The number of aromatic hydroxyl groups is 1. The number of phenols is 1. The molecule has 54 heavy (non-hydrogen) atoms. The number of carbonyl (C=O) groups is 4. The summed E-state index contributed by atoms with van der Waals surface area (Å²) in [6.07, 6.45) is 3.87. The van der Waals surface area contributed by atoms with Crippen molar-refractivity contribution < 1.29 is 33.8 Å². The van der Waals surface area contributed by atoms with Gasteiger partial charge in [-0.15, -0.1) is 23.1 Å². The minimum atomic E-state index is -0.600. The van der Waals surface area contributed by atoms with Crippen LogP contribution in [-0.4, -0.2) is 48.3 Å². The lowest BCUT2D eigenvalue weighted by Gasteiger charge is -2.23. The molecule has 4 N–H and O–H groups in total. The molecule has 1 aliphatic rings. The van der Waals surface area contributed by atoms with Crippen molar-refractivity contribution in [2.24, 2.45) is 0 Å². The predicted molar refractivity (Wildman–Crippen MR) is 212 cm³/mol. The zero-order valence-corrected chi connectivity index (χ0v) is 31.4. The first kappa shape index (κ1) is 37.9. The Morgan fingerprint density at radius 2 is 1.69 bits per heavy atom. The van der Waals surface area contributed by atoms with Gasteiger partial charge in [0.2, 0.25) is 5.91 Å². The van der Waals surface area contributed by atoms with Crippen LogP contribution in [-0.2, 0) is 27.2 Å². The molecule has 0 fully saturated rings. The number of methoxy groups -OCH3 is 1. The Labute approximate surface area is 321 Å². The molecule has 1 aromatic heterocycles. The lowest BCUT2D eigenvalue weighted by Crippen LogP contribution is -2.30. The summed E-state index contributed by atoms with van der Waals surface area (Å²) in [7, 11) is 1.44. The fourth-order valence-electron chi connectivity index (χ4n) is 6.19. The highest BCUT2D eigenvalue weighted by Crippen LogP contribution is 2.43. The third kappa shape index (κ3) is 9.38. The first-order valence-electron chi connectivity index (χ1n) is 17.4. The number of ether oxygens (including phenoxy) is 2. The van der Waals surface area contributed by atoms with Gasteiger partial charge in [0.1, 0.15) is 22.2 Å². The van der Waals surface area contributed by atoms with E-state index in [9.17, 15) is 24.3 Å². The molecule has 10 nitrogen and oxygen atoms in total. The van der Waals surface area contributed by atoms with E-state index >= 15 is 0 Å². The third-order valence-corrected chi connectivity index (χ3v) is 10.9. The Bertz CT molecular complexity index is 2180. The van der Waals surface area contributed by atoms with Gasteiger partial charge in [-0.1, -0.05) is 54.6 Å². The van der Waals surface area contributed by atoms with Crippen LogP contribution in [0.15, 0.2) is 114 Å². The van der Waals surface area contributed by atoms with Gasteiger partial charge in [-0.3, -0.25) is 14.4 Å². The summed E-state index contributed by atoms with van der Waals surface area (Å²) in [5, 5.41) is 18.9. The Morgan fingerprint density at radius 3 is 2.43 bits per heavy atom. The summed E-state index contributed by atoms with van der Waals surface area (Å²) >= 11 is 2.71. The Balaban J connectivity index is 1.15. The molecule has 3 amide bonds. The molecule has 6 rings (SSSR count). The molecule has 0 saturated heterocycles. The zero-order valence-electron chi connectivity index (χ0n) is 29.7. The number of thiophene rings is 1. The molecular formula is C42H39N3O7S2. The van der Waals surface area contributed by atoms with Crippen molar-refractivity contribution in [1.29, 1.82) is 0 Å². The quantitative estimate of drug-likeness (QED) is 0.0537. The van der Waals surface area contributed by atoms with Crippen molar-refractivity contribution in [3.63, 3.8) is 0 Å². The van der Waals surface area contributed by atoms with Gasteiger partial charge in [0, 0.05) is 32.7 Å². The highest BCUT2D eigenvalue weighted by Gasteiger charge is 2.31. The minimum Gasteiger partial charge on any atom is -0.508 e. The summed E-state index contributed by atoms with van der Waals surface area (Å²) in [4.78, 5) is 55.0. The Morgan fingerprint density at radius 1 is 0.926 bits per heavy atom. The van der Waals surface area contributed by atoms with Gasteiger partial charge in [0.15, 0.2) is 0 Å². The number of hydrogen-bond acceptors (Lipinski definition) is 9. The van der Waals surface area contributed by atoms with E-state index in [1.807, 2.05) is 24.3 Å². The van der Waals surface area contributed by atoms with Crippen LogP contribution in [0.1, 0.15) is 61.5 Å². The maximum absolute atomic E-state index is 13.7. The highest BCUT2D eigenvalue weighted by molar-refractivity contribution is 8.00. The smallest absolute Gasteiger partial charge is 0.341 e. The third-order valence-electron chi connectivity index (χ3n) is 8.78. The topological polar surface area (TPSA) is 143 Å².